The van der Waals surface area contributed by atoms with Gasteiger partial charge in [0.2, 0.25) is 11.8 Å². The van der Waals surface area contributed by atoms with Crippen molar-refractivity contribution < 1.29 is 29.3 Å². The van der Waals surface area contributed by atoms with Crippen molar-refractivity contribution in [1.82, 2.24) is 14.7 Å². The summed E-state index contributed by atoms with van der Waals surface area (Å²) in [5.41, 5.74) is 0.596. The molecule has 0 unspecified atom stereocenters. The Balaban J connectivity index is 1.49. The smallest absolute Gasteiger partial charge is 0.246 e. The molecule has 2 saturated heterocycles. The summed E-state index contributed by atoms with van der Waals surface area (Å²) in [4.78, 5) is 30.2. The van der Waals surface area contributed by atoms with Crippen LogP contribution in [0.4, 0.5) is 4.39 Å². The van der Waals surface area contributed by atoms with Crippen LogP contribution >= 0.6 is 11.6 Å². The van der Waals surface area contributed by atoms with Crippen molar-refractivity contribution in [1.29, 1.82) is 0 Å². The van der Waals surface area contributed by atoms with Crippen LogP contribution in [0, 0.1) is 11.7 Å². The van der Waals surface area contributed by atoms with Crippen LogP contribution in [0.1, 0.15) is 18.4 Å². The normalized spacial score (nSPS) is 23.7. The Bertz CT molecular complexity index is 870. The topological polar surface area (TPSA) is 105 Å². The van der Waals surface area contributed by atoms with Gasteiger partial charge in [-0.05, 0) is 36.7 Å². The third-order valence-electron chi connectivity index (χ3n) is 6.20. The molecular formula is C23H31ClFN3O5. The number of carbonyl (C=O) groups excluding carboxylic acids is 2. The summed E-state index contributed by atoms with van der Waals surface area (Å²) < 4.78 is 13.3. The number of nitrogens with zero attached hydrogens (tertiary/aromatic N) is 3. The fourth-order valence-electron chi connectivity index (χ4n) is 4.20. The molecule has 1 aromatic carbocycles. The first-order valence-electron chi connectivity index (χ1n) is 11.2. The lowest BCUT2D eigenvalue weighted by atomic mass is 9.94. The summed E-state index contributed by atoms with van der Waals surface area (Å²) in [6.07, 6.45) is 2.33. The van der Waals surface area contributed by atoms with E-state index in [0.29, 0.717) is 44.7 Å². The molecule has 1 aromatic rings. The van der Waals surface area contributed by atoms with Crippen molar-refractivity contribution in [3.63, 3.8) is 0 Å². The Labute approximate surface area is 197 Å². The summed E-state index contributed by atoms with van der Waals surface area (Å²) in [6, 6.07) is 4.18. The number of halogens is 2. The standard InChI is InChI=1S/C23H31ClFN3O5/c24-19-11-16(1-3-20(19)25)2-4-22(32)27-8-6-23(33)28(10-9-27)13-18(30)12-26-7-5-17(15-29)21(31)14-26/h1-4,11,17-18,21,29-31H,5-10,12-15H2/t17-,18+,21+/m1/s1. The Morgan fingerprint density at radius 2 is 2.03 bits per heavy atom. The second-order valence-electron chi connectivity index (χ2n) is 8.63. The average molecular weight is 484 g/mol. The number of hydrogen-bond donors (Lipinski definition) is 3. The molecular weight excluding hydrogens is 453 g/mol. The van der Waals surface area contributed by atoms with Crippen LogP contribution in [0.2, 0.25) is 5.02 Å². The van der Waals surface area contributed by atoms with Crippen LogP contribution in [0.15, 0.2) is 24.3 Å². The summed E-state index contributed by atoms with van der Waals surface area (Å²) in [6.45, 7) is 2.40. The van der Waals surface area contributed by atoms with Crippen molar-refractivity contribution in [2.45, 2.75) is 25.0 Å². The van der Waals surface area contributed by atoms with E-state index in [1.165, 1.54) is 24.3 Å². The van der Waals surface area contributed by atoms with Gasteiger partial charge in [0.25, 0.3) is 0 Å². The van der Waals surface area contributed by atoms with E-state index in [4.69, 9.17) is 11.6 Å². The summed E-state index contributed by atoms with van der Waals surface area (Å²) in [5, 5.41) is 29.8. The van der Waals surface area contributed by atoms with Crippen molar-refractivity contribution >= 4 is 29.5 Å². The van der Waals surface area contributed by atoms with Crippen LogP contribution in [-0.4, -0.2) is 106 Å². The first-order valence-corrected chi connectivity index (χ1v) is 11.5. The molecule has 2 aliphatic rings. The van der Waals surface area contributed by atoms with E-state index < -0.39 is 18.0 Å². The summed E-state index contributed by atoms with van der Waals surface area (Å²) >= 11 is 5.76. The molecule has 3 rings (SSSR count). The van der Waals surface area contributed by atoms with Gasteiger partial charge >= 0.3 is 0 Å². The van der Waals surface area contributed by atoms with Gasteiger partial charge in [0.15, 0.2) is 0 Å². The van der Waals surface area contributed by atoms with E-state index in [-0.39, 0.29) is 48.9 Å². The maximum atomic E-state index is 13.3. The van der Waals surface area contributed by atoms with E-state index in [1.54, 1.807) is 15.9 Å². The van der Waals surface area contributed by atoms with E-state index >= 15 is 0 Å². The molecule has 3 N–H and O–H groups in total. The van der Waals surface area contributed by atoms with Gasteiger partial charge < -0.3 is 25.1 Å². The molecule has 3 atom stereocenters. The van der Waals surface area contributed by atoms with Crippen molar-refractivity contribution in [2.75, 3.05) is 52.4 Å². The van der Waals surface area contributed by atoms with Crippen LogP contribution in [0.5, 0.6) is 0 Å². The van der Waals surface area contributed by atoms with E-state index in [0.717, 1.165) is 0 Å². The molecule has 182 valence electrons. The largest absolute Gasteiger partial charge is 0.396 e. The third-order valence-corrected chi connectivity index (χ3v) is 6.49. The molecule has 2 amide bonds. The van der Waals surface area contributed by atoms with Gasteiger partial charge in [-0.15, -0.1) is 0 Å². The fourth-order valence-corrected chi connectivity index (χ4v) is 4.39. The number of benzene rings is 1. The van der Waals surface area contributed by atoms with Gasteiger partial charge in [0.05, 0.1) is 17.2 Å². The van der Waals surface area contributed by atoms with Crippen LogP contribution in [0.25, 0.3) is 6.08 Å². The molecule has 2 aliphatic heterocycles. The number of carbonyl (C=O) groups is 2. The third kappa shape index (κ3) is 7.22. The Kier molecular flexibility index (Phi) is 9.22. The second kappa shape index (κ2) is 11.9. The monoisotopic (exact) mass is 483 g/mol. The maximum Gasteiger partial charge on any atom is 0.246 e. The van der Waals surface area contributed by atoms with Gasteiger partial charge in [-0.25, -0.2) is 4.39 Å². The highest BCUT2D eigenvalue weighted by Crippen LogP contribution is 2.18. The molecule has 0 aliphatic carbocycles. The Hall–Kier alpha value is -2.04. The molecule has 0 bridgehead atoms. The van der Waals surface area contributed by atoms with Crippen molar-refractivity contribution in [3.8, 4) is 0 Å². The van der Waals surface area contributed by atoms with Gasteiger partial charge in [0.1, 0.15) is 5.82 Å². The van der Waals surface area contributed by atoms with Crippen LogP contribution < -0.4 is 0 Å². The minimum atomic E-state index is -0.780. The first kappa shape index (κ1) is 25.6. The van der Waals surface area contributed by atoms with Crippen molar-refractivity contribution in [3.05, 3.63) is 40.7 Å². The Morgan fingerprint density at radius 3 is 2.73 bits per heavy atom. The number of β-amino-alcohol motifs (C(OH)–C–C–N with tert-alkyl or cyclic N) is 2. The second-order valence-corrected chi connectivity index (χ2v) is 9.04. The van der Waals surface area contributed by atoms with Crippen molar-refractivity contribution in [2.24, 2.45) is 5.92 Å². The van der Waals surface area contributed by atoms with Gasteiger partial charge in [-0.1, -0.05) is 17.7 Å². The number of amides is 2. The predicted molar refractivity (Wildman–Crippen MR) is 122 cm³/mol. The molecule has 2 heterocycles. The van der Waals surface area contributed by atoms with Crippen LogP contribution in [-0.2, 0) is 9.59 Å². The van der Waals surface area contributed by atoms with Gasteiger partial charge in [-0.3, -0.25) is 14.5 Å². The maximum absolute atomic E-state index is 13.3. The quantitative estimate of drug-likeness (QED) is 0.490. The number of hydrogen-bond acceptors (Lipinski definition) is 6. The summed E-state index contributed by atoms with van der Waals surface area (Å²) in [5.74, 6) is -1.05. The van der Waals surface area contributed by atoms with E-state index in [1.807, 2.05) is 4.90 Å². The van der Waals surface area contributed by atoms with E-state index in [2.05, 4.69) is 0 Å². The number of likely N-dealkylation sites (tertiary alicyclic amines) is 1. The molecule has 2 fully saturated rings. The minimum absolute atomic E-state index is 0.0218. The highest BCUT2D eigenvalue weighted by molar-refractivity contribution is 6.30. The van der Waals surface area contributed by atoms with E-state index in [9.17, 15) is 29.3 Å². The van der Waals surface area contributed by atoms with Gasteiger partial charge in [0, 0.05) is 64.3 Å². The lowest BCUT2D eigenvalue weighted by molar-refractivity contribution is -0.132. The number of piperidine rings is 1. The molecule has 0 radical (unpaired) electrons. The molecule has 10 heteroatoms. The Morgan fingerprint density at radius 1 is 1.24 bits per heavy atom. The lowest BCUT2D eigenvalue weighted by Gasteiger charge is -2.36. The zero-order valence-electron chi connectivity index (χ0n) is 18.4. The summed E-state index contributed by atoms with van der Waals surface area (Å²) in [7, 11) is 0. The molecule has 0 spiro atoms. The zero-order chi connectivity index (χ0) is 24.0. The minimum Gasteiger partial charge on any atom is -0.396 e. The fraction of sp³-hybridized carbons (Fsp3) is 0.565. The average Bonchev–Trinajstić information content (AvgIpc) is 2.96. The number of aliphatic hydroxyl groups excluding tert-OH is 3. The first-order chi connectivity index (χ1) is 15.8. The highest BCUT2D eigenvalue weighted by Gasteiger charge is 2.29. The van der Waals surface area contributed by atoms with Crippen LogP contribution in [0.3, 0.4) is 0 Å². The predicted octanol–water partition coefficient (Wildman–Crippen LogP) is 0.589. The number of aliphatic hydroxyl groups is 3. The lowest BCUT2D eigenvalue weighted by Crippen LogP contribution is -2.49. The number of rotatable bonds is 7. The molecule has 33 heavy (non-hydrogen) atoms. The molecule has 0 saturated carbocycles. The molecule has 0 aromatic heterocycles. The van der Waals surface area contributed by atoms with Gasteiger partial charge in [-0.2, -0.15) is 0 Å². The molecule has 8 nitrogen and oxygen atoms in total. The SMILES string of the molecule is O=C(C=Cc1ccc(F)c(Cl)c1)N1CCC(=O)N(C[C@@H](O)CN2CC[C@H](CO)[C@@H](O)C2)CC1. The zero-order valence-corrected chi connectivity index (χ0v) is 19.2. The highest BCUT2D eigenvalue weighted by atomic mass is 35.5.